The van der Waals surface area contributed by atoms with E-state index in [-0.39, 0.29) is 43.8 Å². The minimum absolute atomic E-state index is 0.00411. The molecule has 0 fully saturated rings. The lowest BCUT2D eigenvalue weighted by atomic mass is 10.0. The molecule has 0 aliphatic carbocycles. The van der Waals surface area contributed by atoms with Crippen LogP contribution in [0.3, 0.4) is 0 Å². The van der Waals surface area contributed by atoms with Crippen LogP contribution in [0, 0.1) is 0 Å². The smallest absolute Gasteiger partial charge is 0.326 e. The summed E-state index contributed by atoms with van der Waals surface area (Å²) in [4.78, 5) is 80.8. The predicted molar refractivity (Wildman–Crippen MR) is 214 cm³/mol. The quantitative estimate of drug-likeness (QED) is 0.183. The van der Waals surface area contributed by atoms with E-state index >= 15 is 0 Å². The molecule has 296 valence electrons. The molecule has 6 N–H and O–H groups in total. The van der Waals surface area contributed by atoms with Gasteiger partial charge in [0.1, 0.15) is 35.5 Å². The fourth-order valence-corrected chi connectivity index (χ4v) is 7.29. The molecule has 5 amide bonds. The van der Waals surface area contributed by atoms with Gasteiger partial charge in [-0.2, -0.15) is 0 Å². The van der Waals surface area contributed by atoms with Crippen molar-refractivity contribution in [1.29, 1.82) is 0 Å². The van der Waals surface area contributed by atoms with Crippen LogP contribution in [0.2, 0.25) is 0 Å². The minimum Gasteiger partial charge on any atom is -0.488 e. The van der Waals surface area contributed by atoms with E-state index < -0.39 is 65.3 Å². The average molecular weight is 784 g/mol. The fraction of sp³-hybridized carbons (Fsp3) is 0.381. The second-order valence-electron chi connectivity index (χ2n) is 14.9. The van der Waals surface area contributed by atoms with Gasteiger partial charge in [0.15, 0.2) is 0 Å². The highest BCUT2D eigenvalue weighted by Crippen LogP contribution is 2.28. The van der Waals surface area contributed by atoms with Gasteiger partial charge in [-0.1, -0.05) is 60.7 Å². The molecular weight excluding hydrogens is 735 g/mol. The number of benzene rings is 3. The molecule has 0 radical (unpaired) electrons. The Morgan fingerprint density at radius 3 is 1.91 bits per heavy atom. The number of aliphatic carboxylic acids is 1. The van der Waals surface area contributed by atoms with Crippen molar-refractivity contribution in [2.24, 2.45) is 0 Å². The van der Waals surface area contributed by atoms with Crippen molar-refractivity contribution in [1.82, 2.24) is 21.3 Å². The molecule has 2 bridgehead atoms. The summed E-state index contributed by atoms with van der Waals surface area (Å²) < 4.78 is 5.96. The maximum absolute atomic E-state index is 14.3. The monoisotopic (exact) mass is 783 g/mol. The zero-order valence-electron chi connectivity index (χ0n) is 31.7. The first-order valence-electron chi connectivity index (χ1n) is 18.6. The number of hydrogen-bond donors (Lipinski definition) is 6. The standard InChI is InChI=1S/C42H49N5O8S/c1-42(2,3)55-30-17-13-28(14-18-30)23-33-38(50)45-32(22-26-8-5-4-6-9-26)39(51)47-35(41(53)54)24-27-11-15-29(16-12-27)43-36(48)19-20-37(49)44-34(40(52)46-33)25-31-10-7-21-56-31/h4-9,11-18,21,31-35H,10,19-20,22-25H2,1-3H3,(H,43,48)(H,44,49)(H,45,50)(H,46,52)(H,47,51)(H,53,54)/t31?,32-,33+,34-,35+/m1/s1. The van der Waals surface area contributed by atoms with E-state index in [4.69, 9.17) is 4.74 Å². The third-order valence-electron chi connectivity index (χ3n) is 9.12. The molecule has 6 rings (SSSR count). The lowest BCUT2D eigenvalue weighted by molar-refractivity contribution is -0.142. The zero-order chi connectivity index (χ0) is 40.2. The predicted octanol–water partition coefficient (Wildman–Crippen LogP) is 4.06. The Hall–Kier alpha value is -5.63. The van der Waals surface area contributed by atoms with Gasteiger partial charge in [0.05, 0.1) is 0 Å². The zero-order valence-corrected chi connectivity index (χ0v) is 32.5. The molecule has 56 heavy (non-hydrogen) atoms. The van der Waals surface area contributed by atoms with Crippen LogP contribution < -0.4 is 31.3 Å². The Balaban J connectivity index is 1.49. The van der Waals surface area contributed by atoms with Gasteiger partial charge >= 0.3 is 5.97 Å². The van der Waals surface area contributed by atoms with Crippen LogP contribution in [0.1, 0.15) is 63.1 Å². The average Bonchev–Trinajstić information content (AvgIpc) is 3.67. The third-order valence-corrected chi connectivity index (χ3v) is 10.2. The van der Waals surface area contributed by atoms with Crippen LogP contribution >= 0.6 is 11.8 Å². The van der Waals surface area contributed by atoms with Crippen molar-refractivity contribution in [2.45, 2.75) is 101 Å². The van der Waals surface area contributed by atoms with Gasteiger partial charge in [0.25, 0.3) is 0 Å². The Labute approximate surface area is 330 Å². The molecule has 0 spiro atoms. The molecule has 0 aromatic heterocycles. The van der Waals surface area contributed by atoms with Crippen molar-refractivity contribution >= 4 is 53.0 Å². The molecule has 5 atom stereocenters. The molecule has 3 aliphatic heterocycles. The maximum Gasteiger partial charge on any atom is 0.326 e. The third kappa shape index (κ3) is 13.0. The number of fused-ring (bicyclic) bond motifs is 18. The SMILES string of the molecule is CC(C)(C)Oc1ccc(C[C@@H]2NC(=O)[C@@H](CC3CC=CS3)NC(=O)CCC(=O)Nc3ccc(cc3)C[C@@H](C(=O)O)NC(=O)[C@@H](Cc3ccccc3)NC2=O)cc1. The summed E-state index contributed by atoms with van der Waals surface area (Å²) in [5, 5.41) is 25.8. The van der Waals surface area contributed by atoms with Gasteiger partial charge in [0.2, 0.25) is 29.5 Å². The van der Waals surface area contributed by atoms with E-state index in [0.29, 0.717) is 34.5 Å². The van der Waals surface area contributed by atoms with Gasteiger partial charge < -0.3 is 36.4 Å². The van der Waals surface area contributed by atoms with Crippen molar-refractivity contribution < 1.29 is 38.6 Å². The summed E-state index contributed by atoms with van der Waals surface area (Å²) in [6.45, 7) is 5.77. The summed E-state index contributed by atoms with van der Waals surface area (Å²) in [6, 6.07) is 17.7. The number of ether oxygens (including phenoxy) is 1. The van der Waals surface area contributed by atoms with Gasteiger partial charge in [-0.3, -0.25) is 24.0 Å². The Morgan fingerprint density at radius 1 is 0.732 bits per heavy atom. The largest absolute Gasteiger partial charge is 0.488 e. The molecule has 0 saturated heterocycles. The molecule has 13 nitrogen and oxygen atoms in total. The van der Waals surface area contributed by atoms with Crippen LogP contribution in [0.15, 0.2) is 90.3 Å². The first kappa shape index (κ1) is 41.5. The number of carbonyl (C=O) groups is 6. The van der Waals surface area contributed by atoms with Crippen molar-refractivity contribution in [2.75, 3.05) is 5.32 Å². The highest BCUT2D eigenvalue weighted by molar-refractivity contribution is 8.03. The summed E-state index contributed by atoms with van der Waals surface area (Å²) >= 11 is 1.54. The summed E-state index contributed by atoms with van der Waals surface area (Å²) in [5.41, 5.74) is 1.97. The van der Waals surface area contributed by atoms with Crippen LogP contribution in [0.25, 0.3) is 0 Å². The minimum atomic E-state index is -1.35. The first-order chi connectivity index (χ1) is 26.7. The van der Waals surface area contributed by atoms with Gasteiger partial charge in [-0.05, 0) is 80.0 Å². The highest BCUT2D eigenvalue weighted by Gasteiger charge is 2.33. The van der Waals surface area contributed by atoms with Crippen LogP contribution in [0.4, 0.5) is 5.69 Å². The topological polar surface area (TPSA) is 192 Å². The Bertz CT molecular complexity index is 1890. The molecule has 3 heterocycles. The number of anilines is 1. The van der Waals surface area contributed by atoms with Crippen LogP contribution in [-0.2, 0) is 48.0 Å². The lowest BCUT2D eigenvalue weighted by Gasteiger charge is -2.27. The van der Waals surface area contributed by atoms with Crippen molar-refractivity contribution in [3.8, 4) is 5.75 Å². The Kier molecular flexibility index (Phi) is 14.3. The van der Waals surface area contributed by atoms with E-state index in [1.807, 2.05) is 38.3 Å². The van der Waals surface area contributed by atoms with E-state index in [0.717, 1.165) is 0 Å². The molecule has 3 aromatic rings. The maximum atomic E-state index is 14.3. The van der Waals surface area contributed by atoms with Gasteiger partial charge in [0, 0.05) is 43.0 Å². The number of hydrogen-bond acceptors (Lipinski definition) is 8. The van der Waals surface area contributed by atoms with Gasteiger partial charge in [-0.15, -0.1) is 11.8 Å². The normalized spacial score (nSPS) is 22.8. The fourth-order valence-electron chi connectivity index (χ4n) is 6.32. The lowest BCUT2D eigenvalue weighted by Crippen LogP contribution is -2.59. The van der Waals surface area contributed by atoms with E-state index in [9.17, 15) is 33.9 Å². The number of rotatable bonds is 8. The number of thioether (sulfide) groups is 1. The van der Waals surface area contributed by atoms with Crippen LogP contribution in [0.5, 0.6) is 5.75 Å². The van der Waals surface area contributed by atoms with E-state index in [2.05, 4.69) is 26.6 Å². The molecular formula is C42H49N5O8S. The first-order valence-corrected chi connectivity index (χ1v) is 19.6. The Morgan fingerprint density at radius 2 is 1.32 bits per heavy atom. The second kappa shape index (κ2) is 19.3. The second-order valence-corrected chi connectivity index (χ2v) is 16.2. The molecule has 3 aromatic carbocycles. The summed E-state index contributed by atoms with van der Waals surface area (Å²) in [6.07, 6.45) is 2.55. The van der Waals surface area contributed by atoms with Crippen molar-refractivity contribution in [3.63, 3.8) is 0 Å². The van der Waals surface area contributed by atoms with Crippen LogP contribution in [-0.4, -0.2) is 75.6 Å². The van der Waals surface area contributed by atoms with Gasteiger partial charge in [-0.25, -0.2) is 4.79 Å². The molecule has 1 unspecified atom stereocenters. The molecule has 3 aliphatic rings. The summed E-state index contributed by atoms with van der Waals surface area (Å²) in [5.74, 6) is -3.61. The summed E-state index contributed by atoms with van der Waals surface area (Å²) in [7, 11) is 0. The highest BCUT2D eigenvalue weighted by atomic mass is 32.2. The molecule has 14 heteroatoms. The molecule has 0 saturated carbocycles. The number of carboxylic acids is 1. The van der Waals surface area contributed by atoms with Crippen molar-refractivity contribution in [3.05, 3.63) is 107 Å². The number of allylic oxidation sites excluding steroid dienone is 1. The number of nitrogens with one attached hydrogen (secondary N) is 5. The number of carbonyl (C=O) groups excluding carboxylic acids is 5. The van der Waals surface area contributed by atoms with E-state index in [1.165, 1.54) is 11.8 Å². The number of carboxylic acid groups (broad SMARTS) is 1. The number of amides is 5. The van der Waals surface area contributed by atoms with E-state index in [1.54, 1.807) is 72.8 Å².